The van der Waals surface area contributed by atoms with E-state index in [2.05, 4.69) is 0 Å². The van der Waals surface area contributed by atoms with Crippen molar-refractivity contribution in [2.75, 3.05) is 0 Å². The number of hydrogen-bond donors (Lipinski definition) is 1. The maximum atomic E-state index is 13.1. The van der Waals surface area contributed by atoms with Crippen LogP contribution in [-0.2, 0) is 20.4 Å². The van der Waals surface area contributed by atoms with E-state index >= 15 is 0 Å². The Labute approximate surface area is 112 Å². The number of carbonyl (C=O) groups is 1. The van der Waals surface area contributed by atoms with Crippen molar-refractivity contribution in [1.82, 2.24) is 0 Å². The van der Waals surface area contributed by atoms with E-state index in [4.69, 9.17) is 5.11 Å². The van der Waals surface area contributed by atoms with Gasteiger partial charge in [0.15, 0.2) is 15.1 Å². The van der Waals surface area contributed by atoms with Gasteiger partial charge in [0.1, 0.15) is 5.82 Å². The smallest absolute Gasteiger partial charge is 0.322 e. The van der Waals surface area contributed by atoms with Gasteiger partial charge in [-0.15, -0.1) is 0 Å². The quantitative estimate of drug-likeness (QED) is 0.901. The molecule has 0 fully saturated rings. The Hall–Kier alpha value is -1.43. The highest BCUT2D eigenvalue weighted by Gasteiger charge is 2.35. The number of sulfone groups is 1. The lowest BCUT2D eigenvalue weighted by Crippen LogP contribution is -2.35. The van der Waals surface area contributed by atoms with Crippen molar-refractivity contribution in [3.05, 3.63) is 35.1 Å². The number of hydrogen-bond acceptors (Lipinski definition) is 3. The zero-order chi connectivity index (χ0) is 14.8. The van der Waals surface area contributed by atoms with Crippen LogP contribution >= 0.6 is 0 Å². The summed E-state index contributed by atoms with van der Waals surface area (Å²) in [6.45, 7) is 4.74. The van der Waals surface area contributed by atoms with Crippen LogP contribution in [0.25, 0.3) is 0 Å². The first-order chi connectivity index (χ1) is 8.65. The van der Waals surface area contributed by atoms with Gasteiger partial charge in [-0.1, -0.05) is 19.9 Å². The van der Waals surface area contributed by atoms with E-state index in [0.717, 1.165) is 6.07 Å². The highest BCUT2D eigenvalue weighted by molar-refractivity contribution is 7.92. The first-order valence-electron chi connectivity index (χ1n) is 5.84. The average Bonchev–Trinajstić information content (AvgIpc) is 2.21. The molecule has 1 aromatic carbocycles. The lowest BCUT2D eigenvalue weighted by atomic mass is 10.1. The van der Waals surface area contributed by atoms with Crippen molar-refractivity contribution in [3.63, 3.8) is 0 Å². The summed E-state index contributed by atoms with van der Waals surface area (Å²) in [5.41, 5.74) is 0.921. The molecule has 1 rings (SSSR count). The molecule has 6 heteroatoms. The first-order valence-corrected chi connectivity index (χ1v) is 7.56. The normalized spacial score (nSPS) is 13.5. The standard InChI is InChI=1S/C13H17FO4S/c1-8(2)12(13(15)16)19(17,18)7-10-6-11(14)5-4-9(10)3/h4-6,8,12H,7H2,1-3H3,(H,15,16). The number of rotatable bonds is 5. The van der Waals surface area contributed by atoms with Gasteiger partial charge in [0.2, 0.25) is 0 Å². The molecule has 1 atom stereocenters. The summed E-state index contributed by atoms with van der Waals surface area (Å²) in [5.74, 6) is -2.92. The maximum absolute atomic E-state index is 13.1. The van der Waals surface area contributed by atoms with Crippen molar-refractivity contribution in [1.29, 1.82) is 0 Å². The van der Waals surface area contributed by atoms with Crippen LogP contribution in [0.4, 0.5) is 4.39 Å². The third-order valence-corrected chi connectivity index (χ3v) is 5.14. The van der Waals surface area contributed by atoms with Gasteiger partial charge in [0.05, 0.1) is 5.75 Å². The molecule has 19 heavy (non-hydrogen) atoms. The number of halogens is 1. The van der Waals surface area contributed by atoms with Crippen LogP contribution in [0.3, 0.4) is 0 Å². The third kappa shape index (κ3) is 3.76. The number of carboxylic acid groups (broad SMARTS) is 1. The van der Waals surface area contributed by atoms with E-state index in [0.29, 0.717) is 11.1 Å². The predicted molar refractivity (Wildman–Crippen MR) is 70.0 cm³/mol. The summed E-state index contributed by atoms with van der Waals surface area (Å²) in [7, 11) is -3.88. The minimum atomic E-state index is -3.88. The highest BCUT2D eigenvalue weighted by Crippen LogP contribution is 2.20. The van der Waals surface area contributed by atoms with Crippen LogP contribution in [0.2, 0.25) is 0 Å². The molecule has 4 nitrogen and oxygen atoms in total. The molecular weight excluding hydrogens is 271 g/mol. The molecule has 0 saturated carbocycles. The molecule has 0 saturated heterocycles. The molecule has 1 N–H and O–H groups in total. The second-order valence-corrected chi connectivity index (χ2v) is 7.00. The molecule has 0 aliphatic carbocycles. The molecule has 0 aromatic heterocycles. The fourth-order valence-electron chi connectivity index (χ4n) is 1.96. The topological polar surface area (TPSA) is 71.4 Å². The first kappa shape index (κ1) is 15.6. The van der Waals surface area contributed by atoms with Crippen LogP contribution < -0.4 is 0 Å². The van der Waals surface area contributed by atoms with E-state index in [1.54, 1.807) is 6.92 Å². The van der Waals surface area contributed by atoms with Gasteiger partial charge in [-0.3, -0.25) is 4.79 Å². The van der Waals surface area contributed by atoms with Crippen LogP contribution in [0.1, 0.15) is 25.0 Å². The van der Waals surface area contributed by atoms with Gasteiger partial charge >= 0.3 is 5.97 Å². The molecule has 0 aliphatic heterocycles. The molecule has 1 aromatic rings. The minimum Gasteiger partial charge on any atom is -0.480 e. The Kier molecular flexibility index (Phi) is 4.68. The predicted octanol–water partition coefficient (Wildman–Crippen LogP) is 2.16. The number of benzene rings is 1. The largest absolute Gasteiger partial charge is 0.480 e. The Morgan fingerprint density at radius 2 is 1.95 bits per heavy atom. The van der Waals surface area contributed by atoms with Crippen molar-refractivity contribution >= 4 is 15.8 Å². The van der Waals surface area contributed by atoms with E-state index in [1.165, 1.54) is 26.0 Å². The number of aliphatic carboxylic acids is 1. The van der Waals surface area contributed by atoms with E-state index in [-0.39, 0.29) is 0 Å². The molecular formula is C13H17FO4S. The molecule has 106 valence electrons. The second-order valence-electron chi connectivity index (χ2n) is 4.88. The Bertz CT molecular complexity index is 578. The Balaban J connectivity index is 3.15. The fraction of sp³-hybridized carbons (Fsp3) is 0.462. The van der Waals surface area contributed by atoms with Crippen molar-refractivity contribution < 1.29 is 22.7 Å². The maximum Gasteiger partial charge on any atom is 0.322 e. The summed E-state index contributed by atoms with van der Waals surface area (Å²) in [6, 6.07) is 3.85. The SMILES string of the molecule is Cc1ccc(F)cc1CS(=O)(=O)C(C(=O)O)C(C)C. The zero-order valence-corrected chi connectivity index (χ0v) is 11.9. The molecule has 1 unspecified atom stereocenters. The lowest BCUT2D eigenvalue weighted by molar-refractivity contribution is -0.137. The molecule has 0 aliphatic rings. The molecule has 0 radical (unpaired) electrons. The summed E-state index contributed by atoms with van der Waals surface area (Å²) in [4.78, 5) is 11.1. The van der Waals surface area contributed by atoms with Gasteiger partial charge in [0.25, 0.3) is 0 Å². The van der Waals surface area contributed by atoms with Gasteiger partial charge in [0, 0.05) is 0 Å². The molecule has 0 spiro atoms. The van der Waals surface area contributed by atoms with Gasteiger partial charge in [-0.25, -0.2) is 12.8 Å². The monoisotopic (exact) mass is 288 g/mol. The minimum absolute atomic E-state index is 0.298. The Morgan fingerprint density at radius 3 is 2.42 bits per heavy atom. The molecule has 0 heterocycles. The van der Waals surface area contributed by atoms with Crippen LogP contribution in [0, 0.1) is 18.7 Å². The number of carboxylic acids is 1. The van der Waals surface area contributed by atoms with Crippen molar-refractivity contribution in [3.8, 4) is 0 Å². The van der Waals surface area contributed by atoms with Crippen LogP contribution in [0.5, 0.6) is 0 Å². The lowest BCUT2D eigenvalue weighted by Gasteiger charge is -2.17. The zero-order valence-electron chi connectivity index (χ0n) is 11.1. The van der Waals surface area contributed by atoms with Gasteiger partial charge in [-0.2, -0.15) is 0 Å². The fourth-order valence-corrected chi connectivity index (χ4v) is 4.02. The molecule has 0 bridgehead atoms. The summed E-state index contributed by atoms with van der Waals surface area (Å²) < 4.78 is 37.4. The van der Waals surface area contributed by atoms with Crippen molar-refractivity contribution in [2.45, 2.75) is 31.8 Å². The van der Waals surface area contributed by atoms with Crippen LogP contribution in [0.15, 0.2) is 18.2 Å². The third-order valence-electron chi connectivity index (χ3n) is 2.90. The van der Waals surface area contributed by atoms with E-state index in [1.807, 2.05) is 0 Å². The summed E-state index contributed by atoms with van der Waals surface area (Å²) in [6.07, 6.45) is 0. The summed E-state index contributed by atoms with van der Waals surface area (Å²) in [5, 5.41) is 7.55. The van der Waals surface area contributed by atoms with Gasteiger partial charge < -0.3 is 5.11 Å². The second kappa shape index (κ2) is 5.69. The van der Waals surface area contributed by atoms with E-state index < -0.39 is 38.5 Å². The molecule has 0 amide bonds. The highest BCUT2D eigenvalue weighted by atomic mass is 32.2. The van der Waals surface area contributed by atoms with Crippen LogP contribution in [-0.4, -0.2) is 24.7 Å². The number of aryl methyl sites for hydroxylation is 1. The van der Waals surface area contributed by atoms with Gasteiger partial charge in [-0.05, 0) is 36.1 Å². The Morgan fingerprint density at radius 1 is 1.37 bits per heavy atom. The summed E-state index contributed by atoms with van der Waals surface area (Å²) >= 11 is 0. The van der Waals surface area contributed by atoms with E-state index in [9.17, 15) is 17.6 Å². The average molecular weight is 288 g/mol. The van der Waals surface area contributed by atoms with Crippen molar-refractivity contribution in [2.24, 2.45) is 5.92 Å².